The molecule has 0 amide bonds. The molecule has 36 heavy (non-hydrogen) atoms. The van der Waals surface area contributed by atoms with Crippen molar-refractivity contribution in [1.29, 1.82) is 0 Å². The highest BCUT2D eigenvalue weighted by molar-refractivity contribution is 7.25. The van der Waals surface area contributed by atoms with Gasteiger partial charge in [-0.3, -0.25) is 9.97 Å². The molecule has 0 aliphatic heterocycles. The van der Waals surface area contributed by atoms with Crippen molar-refractivity contribution < 1.29 is 4.39 Å². The number of benzene rings is 3. The minimum atomic E-state index is -0.236. The highest BCUT2D eigenvalue weighted by atomic mass is 32.1. The molecular formula is C31H18FN3S. The number of hydrogen-bond acceptors (Lipinski definition) is 4. The predicted molar refractivity (Wildman–Crippen MR) is 146 cm³/mol. The second-order valence-electron chi connectivity index (χ2n) is 8.74. The number of aromatic nitrogens is 3. The summed E-state index contributed by atoms with van der Waals surface area (Å²) in [7, 11) is 0. The van der Waals surface area contributed by atoms with Gasteiger partial charge in [-0.25, -0.2) is 9.37 Å². The van der Waals surface area contributed by atoms with Crippen LogP contribution in [0.2, 0.25) is 0 Å². The van der Waals surface area contributed by atoms with Crippen LogP contribution in [0.3, 0.4) is 0 Å². The Kier molecular flexibility index (Phi) is 4.82. The minimum absolute atomic E-state index is 0.236. The molecule has 0 aliphatic rings. The molecule has 0 spiro atoms. The first-order valence-corrected chi connectivity index (χ1v) is 12.4. The predicted octanol–water partition coefficient (Wildman–Crippen LogP) is 8.53. The number of nitrogens with zero attached hydrogens (tertiary/aromatic N) is 3. The minimum Gasteiger partial charge on any atom is -0.256 e. The van der Waals surface area contributed by atoms with Crippen LogP contribution in [0.5, 0.6) is 0 Å². The maximum Gasteiger partial charge on any atom is 0.124 e. The summed E-state index contributed by atoms with van der Waals surface area (Å²) in [5.41, 5.74) is 6.93. The molecule has 7 rings (SSSR count). The summed E-state index contributed by atoms with van der Waals surface area (Å²) < 4.78 is 14.5. The van der Waals surface area contributed by atoms with Crippen molar-refractivity contribution in [3.63, 3.8) is 0 Å². The Hall–Kier alpha value is -4.48. The van der Waals surface area contributed by atoms with E-state index in [1.54, 1.807) is 23.5 Å². The number of halogens is 1. The molecule has 0 fully saturated rings. The highest BCUT2D eigenvalue weighted by Gasteiger charge is 2.09. The second-order valence-corrected chi connectivity index (χ2v) is 9.77. The van der Waals surface area contributed by atoms with Gasteiger partial charge in [0, 0.05) is 56.1 Å². The van der Waals surface area contributed by atoms with Crippen LogP contribution in [-0.2, 0) is 0 Å². The van der Waals surface area contributed by atoms with Crippen molar-refractivity contribution in [2.75, 3.05) is 0 Å². The molecule has 4 heterocycles. The van der Waals surface area contributed by atoms with Gasteiger partial charge in [-0.2, -0.15) is 0 Å². The highest BCUT2D eigenvalue weighted by Crippen LogP contribution is 2.35. The zero-order chi connectivity index (χ0) is 24.1. The van der Waals surface area contributed by atoms with Crippen LogP contribution in [-0.4, -0.2) is 15.0 Å². The molecule has 0 N–H and O–H groups in total. The van der Waals surface area contributed by atoms with Crippen molar-refractivity contribution in [2.45, 2.75) is 0 Å². The average Bonchev–Trinajstić information content (AvgIpc) is 3.31. The number of rotatable bonds is 3. The van der Waals surface area contributed by atoms with Gasteiger partial charge < -0.3 is 0 Å². The van der Waals surface area contributed by atoms with Crippen LogP contribution in [0.25, 0.3) is 64.7 Å². The molecule has 4 aromatic heterocycles. The van der Waals surface area contributed by atoms with Crippen LogP contribution in [0.15, 0.2) is 110 Å². The van der Waals surface area contributed by atoms with E-state index in [1.165, 1.54) is 27.6 Å². The van der Waals surface area contributed by atoms with E-state index in [0.29, 0.717) is 0 Å². The van der Waals surface area contributed by atoms with Gasteiger partial charge in [0.2, 0.25) is 0 Å². The fourth-order valence-electron chi connectivity index (χ4n) is 4.61. The van der Waals surface area contributed by atoms with Crippen molar-refractivity contribution in [2.24, 2.45) is 0 Å². The SMILES string of the molecule is Fc1ccc(-c2ccc3cc(-c4ccc(-c5ccc6sc7ncccc7c6c5)nc4)cnc3c2)cc1. The van der Waals surface area contributed by atoms with E-state index in [9.17, 15) is 4.39 Å². The molecule has 0 saturated heterocycles. The molecule has 5 heteroatoms. The maximum absolute atomic E-state index is 13.3. The number of thiophene rings is 1. The molecule has 0 aliphatic carbocycles. The Morgan fingerprint density at radius 3 is 2.25 bits per heavy atom. The summed E-state index contributed by atoms with van der Waals surface area (Å²) in [5, 5.41) is 3.44. The Labute approximate surface area is 210 Å². The summed E-state index contributed by atoms with van der Waals surface area (Å²) in [4.78, 5) is 15.0. The summed E-state index contributed by atoms with van der Waals surface area (Å²) in [5.74, 6) is -0.236. The van der Waals surface area contributed by atoms with E-state index in [1.807, 2.05) is 36.8 Å². The Morgan fingerprint density at radius 2 is 1.39 bits per heavy atom. The largest absolute Gasteiger partial charge is 0.256 e. The molecular weight excluding hydrogens is 465 g/mol. The van der Waals surface area contributed by atoms with Gasteiger partial charge in [0.1, 0.15) is 10.6 Å². The normalized spacial score (nSPS) is 11.5. The smallest absolute Gasteiger partial charge is 0.124 e. The lowest BCUT2D eigenvalue weighted by atomic mass is 10.0. The number of hydrogen-bond donors (Lipinski definition) is 0. The molecule has 0 unspecified atom stereocenters. The first-order valence-electron chi connectivity index (χ1n) is 11.6. The monoisotopic (exact) mass is 483 g/mol. The summed E-state index contributed by atoms with van der Waals surface area (Å²) in [6.45, 7) is 0. The van der Waals surface area contributed by atoms with Crippen molar-refractivity contribution in [3.8, 4) is 33.5 Å². The van der Waals surface area contributed by atoms with E-state index >= 15 is 0 Å². The standard InChI is InChI=1S/C31H18FN3S/c32-25-9-5-19(6-10-25)20-3-4-21-14-24(18-35-29(21)16-20)23-7-11-28(34-17-23)22-8-12-30-27(15-22)26-2-1-13-33-31(26)36-30/h1-18H. The molecule has 7 aromatic rings. The van der Waals surface area contributed by atoms with E-state index < -0.39 is 0 Å². The van der Waals surface area contributed by atoms with Crippen LogP contribution in [0.1, 0.15) is 0 Å². The fraction of sp³-hybridized carbons (Fsp3) is 0. The summed E-state index contributed by atoms with van der Waals surface area (Å²) in [6, 6.07) is 29.5. The zero-order valence-corrected chi connectivity index (χ0v) is 19.8. The Balaban J connectivity index is 1.20. The maximum atomic E-state index is 13.3. The van der Waals surface area contributed by atoms with Crippen LogP contribution in [0, 0.1) is 5.82 Å². The molecule has 3 nitrogen and oxygen atoms in total. The third kappa shape index (κ3) is 3.61. The molecule has 0 saturated carbocycles. The van der Waals surface area contributed by atoms with Crippen molar-refractivity contribution >= 4 is 42.5 Å². The molecule has 170 valence electrons. The average molecular weight is 484 g/mol. The number of fused-ring (bicyclic) bond motifs is 4. The van der Waals surface area contributed by atoms with Crippen LogP contribution >= 0.6 is 11.3 Å². The van der Waals surface area contributed by atoms with E-state index in [-0.39, 0.29) is 5.82 Å². The second kappa shape index (κ2) is 8.33. The first kappa shape index (κ1) is 20.9. The molecule has 3 aromatic carbocycles. The third-order valence-electron chi connectivity index (χ3n) is 6.50. The molecule has 0 bridgehead atoms. The summed E-state index contributed by atoms with van der Waals surface area (Å²) >= 11 is 1.71. The van der Waals surface area contributed by atoms with Gasteiger partial charge in [-0.15, -0.1) is 11.3 Å². The Bertz CT molecular complexity index is 1890. The van der Waals surface area contributed by atoms with Gasteiger partial charge >= 0.3 is 0 Å². The first-order chi connectivity index (χ1) is 17.7. The zero-order valence-electron chi connectivity index (χ0n) is 19.0. The lowest BCUT2D eigenvalue weighted by Crippen LogP contribution is -1.88. The third-order valence-corrected chi connectivity index (χ3v) is 7.60. The Morgan fingerprint density at radius 1 is 0.583 bits per heavy atom. The number of pyridine rings is 3. The van der Waals surface area contributed by atoms with Gasteiger partial charge in [0.25, 0.3) is 0 Å². The van der Waals surface area contributed by atoms with E-state index in [0.717, 1.165) is 49.2 Å². The topological polar surface area (TPSA) is 38.7 Å². The quantitative estimate of drug-likeness (QED) is 0.253. The van der Waals surface area contributed by atoms with Gasteiger partial charge in [-0.1, -0.05) is 36.4 Å². The molecule has 0 radical (unpaired) electrons. The molecule has 0 atom stereocenters. The van der Waals surface area contributed by atoms with Crippen LogP contribution < -0.4 is 0 Å². The summed E-state index contributed by atoms with van der Waals surface area (Å²) in [6.07, 6.45) is 5.62. The van der Waals surface area contributed by atoms with Gasteiger partial charge in [0.05, 0.1) is 11.2 Å². The van der Waals surface area contributed by atoms with Gasteiger partial charge in [-0.05, 0) is 65.7 Å². The lowest BCUT2D eigenvalue weighted by Gasteiger charge is -2.07. The van der Waals surface area contributed by atoms with E-state index in [4.69, 9.17) is 9.97 Å². The fourth-order valence-corrected chi connectivity index (χ4v) is 5.63. The van der Waals surface area contributed by atoms with Crippen molar-refractivity contribution in [3.05, 3.63) is 115 Å². The van der Waals surface area contributed by atoms with Gasteiger partial charge in [0.15, 0.2) is 0 Å². The van der Waals surface area contributed by atoms with Crippen molar-refractivity contribution in [1.82, 2.24) is 15.0 Å². The lowest BCUT2D eigenvalue weighted by molar-refractivity contribution is 0.628. The van der Waals surface area contributed by atoms with Crippen LogP contribution in [0.4, 0.5) is 4.39 Å². The van der Waals surface area contributed by atoms with E-state index in [2.05, 4.69) is 53.5 Å².